The molecule has 20 heavy (non-hydrogen) atoms. The van der Waals surface area contributed by atoms with E-state index in [0.717, 1.165) is 19.3 Å². The lowest BCUT2D eigenvalue weighted by Crippen LogP contribution is -2.49. The molecule has 6 heteroatoms. The average molecular weight is 341 g/mol. The summed E-state index contributed by atoms with van der Waals surface area (Å²) in [6.07, 6.45) is 2.43. The first kappa shape index (κ1) is 15.0. The minimum atomic E-state index is -0.748. The Morgan fingerprint density at radius 1 is 1.25 bits per heavy atom. The van der Waals surface area contributed by atoms with Crippen molar-refractivity contribution < 1.29 is 14.7 Å². The number of aliphatic hydroxyl groups is 1. The molecule has 1 aliphatic rings. The van der Waals surface area contributed by atoms with E-state index >= 15 is 0 Å². The van der Waals surface area contributed by atoms with Crippen molar-refractivity contribution in [3.63, 3.8) is 0 Å². The maximum absolute atomic E-state index is 11.9. The van der Waals surface area contributed by atoms with Gasteiger partial charge in [-0.2, -0.15) is 0 Å². The molecule has 1 aromatic rings. The lowest BCUT2D eigenvalue weighted by molar-refractivity contribution is -0.122. The van der Waals surface area contributed by atoms with Gasteiger partial charge in [-0.3, -0.25) is 9.59 Å². The molecule has 1 fully saturated rings. The van der Waals surface area contributed by atoms with Crippen molar-refractivity contribution in [3.8, 4) is 0 Å². The molecule has 0 saturated heterocycles. The van der Waals surface area contributed by atoms with Gasteiger partial charge in [-0.1, -0.05) is 12.1 Å². The molecule has 0 aliphatic heterocycles. The first-order valence-corrected chi connectivity index (χ1v) is 7.31. The van der Waals surface area contributed by atoms with E-state index < -0.39 is 5.60 Å². The standard InChI is InChI=1S/C14H17BrN2O3/c15-11-5-2-1-4-10(11)13(19)16-8-12(18)17-9-14(20)6-3-7-14/h1-2,4-5,20H,3,6-9H2,(H,16,19)(H,17,18). The number of amides is 2. The van der Waals surface area contributed by atoms with Crippen LogP contribution in [0, 0.1) is 0 Å². The third kappa shape index (κ3) is 3.80. The molecule has 0 radical (unpaired) electrons. The van der Waals surface area contributed by atoms with Crippen molar-refractivity contribution >= 4 is 27.7 Å². The summed E-state index contributed by atoms with van der Waals surface area (Å²) in [4.78, 5) is 23.5. The number of hydrogen-bond acceptors (Lipinski definition) is 3. The molecule has 3 N–H and O–H groups in total. The van der Waals surface area contributed by atoms with Crippen LogP contribution in [0.1, 0.15) is 29.6 Å². The normalized spacial score (nSPS) is 16.1. The first-order valence-electron chi connectivity index (χ1n) is 6.52. The second-order valence-electron chi connectivity index (χ2n) is 5.02. The molecule has 5 nitrogen and oxygen atoms in total. The summed E-state index contributed by atoms with van der Waals surface area (Å²) >= 11 is 3.28. The molecule has 1 saturated carbocycles. The van der Waals surface area contributed by atoms with Gasteiger partial charge in [0.05, 0.1) is 17.7 Å². The number of hydrogen-bond donors (Lipinski definition) is 3. The van der Waals surface area contributed by atoms with Gasteiger partial charge in [-0.15, -0.1) is 0 Å². The number of benzene rings is 1. The second-order valence-corrected chi connectivity index (χ2v) is 5.87. The molecule has 1 aromatic carbocycles. The van der Waals surface area contributed by atoms with Crippen molar-refractivity contribution in [3.05, 3.63) is 34.3 Å². The summed E-state index contributed by atoms with van der Waals surface area (Å²) in [7, 11) is 0. The summed E-state index contributed by atoms with van der Waals surface area (Å²) < 4.78 is 0.682. The molecule has 2 rings (SSSR count). The fourth-order valence-corrected chi connectivity index (χ4v) is 2.45. The topological polar surface area (TPSA) is 78.4 Å². The quantitative estimate of drug-likeness (QED) is 0.753. The Labute approximate surface area is 125 Å². The Kier molecular flexibility index (Phi) is 4.77. The Hall–Kier alpha value is -1.40. The average Bonchev–Trinajstić information content (AvgIpc) is 2.41. The zero-order chi connectivity index (χ0) is 14.6. The van der Waals surface area contributed by atoms with Gasteiger partial charge in [0.25, 0.3) is 5.91 Å². The highest BCUT2D eigenvalue weighted by Crippen LogP contribution is 2.30. The van der Waals surface area contributed by atoms with E-state index in [1.54, 1.807) is 18.2 Å². The number of halogens is 1. The molecule has 0 aromatic heterocycles. The van der Waals surface area contributed by atoms with E-state index in [4.69, 9.17) is 0 Å². The minimum absolute atomic E-state index is 0.101. The lowest BCUT2D eigenvalue weighted by Gasteiger charge is -2.36. The highest BCUT2D eigenvalue weighted by atomic mass is 79.9. The van der Waals surface area contributed by atoms with Crippen molar-refractivity contribution in [2.75, 3.05) is 13.1 Å². The number of carbonyl (C=O) groups excluding carboxylic acids is 2. The molecule has 0 spiro atoms. The number of carbonyl (C=O) groups is 2. The van der Waals surface area contributed by atoms with E-state index in [2.05, 4.69) is 26.6 Å². The van der Waals surface area contributed by atoms with Crippen LogP contribution >= 0.6 is 15.9 Å². The summed E-state index contributed by atoms with van der Waals surface area (Å²) in [5.74, 6) is -0.610. The molecule has 0 bridgehead atoms. The smallest absolute Gasteiger partial charge is 0.252 e. The molecule has 1 aliphatic carbocycles. The molecule has 0 unspecified atom stereocenters. The van der Waals surface area contributed by atoms with Crippen molar-refractivity contribution in [2.45, 2.75) is 24.9 Å². The molecule has 0 atom stereocenters. The first-order chi connectivity index (χ1) is 9.50. The van der Waals surface area contributed by atoms with Crippen LogP contribution in [0.5, 0.6) is 0 Å². The van der Waals surface area contributed by atoms with Gasteiger partial charge in [-0.05, 0) is 47.3 Å². The Balaban J connectivity index is 1.76. The highest BCUT2D eigenvalue weighted by molar-refractivity contribution is 9.10. The van der Waals surface area contributed by atoms with Gasteiger partial charge in [0, 0.05) is 11.0 Å². The largest absolute Gasteiger partial charge is 0.388 e. The van der Waals surface area contributed by atoms with Crippen LogP contribution in [0.15, 0.2) is 28.7 Å². The summed E-state index contributed by atoms with van der Waals surface area (Å²) in [6.45, 7) is 0.146. The fraction of sp³-hybridized carbons (Fsp3) is 0.429. The minimum Gasteiger partial charge on any atom is -0.388 e. The van der Waals surface area contributed by atoms with E-state index in [9.17, 15) is 14.7 Å². The zero-order valence-electron chi connectivity index (χ0n) is 11.0. The van der Waals surface area contributed by atoms with Crippen molar-refractivity contribution in [1.82, 2.24) is 10.6 Å². The third-order valence-electron chi connectivity index (χ3n) is 3.43. The van der Waals surface area contributed by atoms with E-state index in [1.165, 1.54) is 0 Å². The summed E-state index contributed by atoms with van der Waals surface area (Å²) in [5, 5.41) is 15.0. The number of nitrogens with one attached hydrogen (secondary N) is 2. The fourth-order valence-electron chi connectivity index (χ4n) is 1.99. The molecule has 0 heterocycles. The zero-order valence-corrected chi connectivity index (χ0v) is 12.6. The summed E-state index contributed by atoms with van der Waals surface area (Å²) in [6, 6.07) is 7.01. The van der Waals surface area contributed by atoms with Gasteiger partial charge in [0.1, 0.15) is 0 Å². The number of rotatable bonds is 5. The van der Waals surface area contributed by atoms with Crippen LogP contribution in [0.4, 0.5) is 0 Å². The Morgan fingerprint density at radius 3 is 2.55 bits per heavy atom. The van der Waals surface area contributed by atoms with Gasteiger partial charge >= 0.3 is 0 Å². The van der Waals surface area contributed by atoms with Gasteiger partial charge in [-0.25, -0.2) is 0 Å². The SMILES string of the molecule is O=C(CNC(=O)c1ccccc1Br)NCC1(O)CCC1. The Morgan fingerprint density at radius 2 is 1.95 bits per heavy atom. The van der Waals surface area contributed by atoms with Gasteiger partial charge in [0.15, 0.2) is 0 Å². The monoisotopic (exact) mass is 340 g/mol. The maximum atomic E-state index is 11.9. The third-order valence-corrected chi connectivity index (χ3v) is 4.12. The second kappa shape index (κ2) is 6.37. The van der Waals surface area contributed by atoms with E-state index in [1.807, 2.05) is 6.07 Å². The van der Waals surface area contributed by atoms with Crippen LogP contribution < -0.4 is 10.6 Å². The van der Waals surface area contributed by atoms with Crippen LogP contribution in [0.2, 0.25) is 0 Å². The van der Waals surface area contributed by atoms with E-state index in [-0.39, 0.29) is 24.9 Å². The molecular formula is C14H17BrN2O3. The molecule has 108 valence electrons. The van der Waals surface area contributed by atoms with Crippen molar-refractivity contribution in [1.29, 1.82) is 0 Å². The lowest BCUT2D eigenvalue weighted by atomic mass is 9.80. The maximum Gasteiger partial charge on any atom is 0.252 e. The summed E-state index contributed by atoms with van der Waals surface area (Å²) in [5.41, 5.74) is -0.264. The van der Waals surface area contributed by atoms with Gasteiger partial charge < -0.3 is 15.7 Å². The van der Waals surface area contributed by atoms with Crippen LogP contribution in [-0.2, 0) is 4.79 Å². The van der Waals surface area contributed by atoms with Crippen LogP contribution in [0.25, 0.3) is 0 Å². The Bertz CT molecular complexity index is 515. The highest BCUT2D eigenvalue weighted by Gasteiger charge is 2.34. The molecular weight excluding hydrogens is 324 g/mol. The van der Waals surface area contributed by atoms with Crippen LogP contribution in [-0.4, -0.2) is 35.6 Å². The predicted molar refractivity (Wildman–Crippen MR) is 78.3 cm³/mol. The van der Waals surface area contributed by atoms with Crippen LogP contribution in [0.3, 0.4) is 0 Å². The van der Waals surface area contributed by atoms with Crippen molar-refractivity contribution in [2.24, 2.45) is 0 Å². The predicted octanol–water partition coefficient (Wildman–Crippen LogP) is 1.21. The molecule has 2 amide bonds. The van der Waals surface area contributed by atoms with Gasteiger partial charge in [0.2, 0.25) is 5.91 Å². The van der Waals surface area contributed by atoms with E-state index in [0.29, 0.717) is 10.0 Å².